The van der Waals surface area contributed by atoms with Gasteiger partial charge in [0.2, 0.25) is 0 Å². The third-order valence-corrected chi connectivity index (χ3v) is 4.34. The minimum atomic E-state index is -0.497. The maximum atomic E-state index is 13.1. The standard InChI is InChI=1S/C23H17FN2O4/c1-29-22-4-2-3-18(23(22)30-15-16-5-9-20(24)10-6-16)13-19(14-25)17-7-11-21(12-8-17)26(27)28/h2-13H,15H2,1H3. The normalized spacial score (nSPS) is 10.9. The lowest BCUT2D eigenvalue weighted by Gasteiger charge is -2.14. The van der Waals surface area contributed by atoms with Gasteiger partial charge in [-0.05, 0) is 47.5 Å². The van der Waals surface area contributed by atoms with E-state index in [1.54, 1.807) is 36.4 Å². The van der Waals surface area contributed by atoms with Crippen molar-refractivity contribution in [2.45, 2.75) is 6.61 Å². The first-order valence-electron chi connectivity index (χ1n) is 8.92. The van der Waals surface area contributed by atoms with Gasteiger partial charge in [-0.1, -0.05) is 24.3 Å². The molecule has 0 aliphatic carbocycles. The Morgan fingerprint density at radius 2 is 1.83 bits per heavy atom. The van der Waals surface area contributed by atoms with Gasteiger partial charge in [0.15, 0.2) is 11.5 Å². The van der Waals surface area contributed by atoms with Crippen LogP contribution in [-0.4, -0.2) is 12.0 Å². The first kappa shape index (κ1) is 20.6. The smallest absolute Gasteiger partial charge is 0.269 e. The van der Waals surface area contributed by atoms with Crippen LogP contribution >= 0.6 is 0 Å². The zero-order valence-electron chi connectivity index (χ0n) is 16.0. The van der Waals surface area contributed by atoms with Gasteiger partial charge < -0.3 is 9.47 Å². The van der Waals surface area contributed by atoms with Crippen LogP contribution < -0.4 is 9.47 Å². The summed E-state index contributed by atoms with van der Waals surface area (Å²) in [5.74, 6) is 0.576. The fraction of sp³-hybridized carbons (Fsp3) is 0.0870. The molecule has 0 spiro atoms. The van der Waals surface area contributed by atoms with Crippen molar-refractivity contribution >= 4 is 17.3 Å². The van der Waals surface area contributed by atoms with Gasteiger partial charge in [0.05, 0.1) is 23.7 Å². The Labute approximate surface area is 172 Å². The van der Waals surface area contributed by atoms with Crippen LogP contribution in [0, 0.1) is 27.3 Å². The Balaban J connectivity index is 1.94. The largest absolute Gasteiger partial charge is 0.493 e. The number of hydrogen-bond donors (Lipinski definition) is 0. The van der Waals surface area contributed by atoms with Crippen molar-refractivity contribution in [2.75, 3.05) is 7.11 Å². The van der Waals surface area contributed by atoms with E-state index in [2.05, 4.69) is 6.07 Å². The maximum absolute atomic E-state index is 13.1. The maximum Gasteiger partial charge on any atom is 0.269 e. The molecule has 30 heavy (non-hydrogen) atoms. The summed E-state index contributed by atoms with van der Waals surface area (Å²) >= 11 is 0. The molecule has 0 radical (unpaired) electrons. The van der Waals surface area contributed by atoms with Crippen molar-refractivity contribution in [1.82, 2.24) is 0 Å². The number of hydrogen-bond acceptors (Lipinski definition) is 5. The summed E-state index contributed by atoms with van der Waals surface area (Å²) in [5, 5.41) is 20.5. The first-order chi connectivity index (χ1) is 14.5. The third kappa shape index (κ3) is 4.80. The van der Waals surface area contributed by atoms with Crippen molar-refractivity contribution < 1.29 is 18.8 Å². The highest BCUT2D eigenvalue weighted by atomic mass is 19.1. The molecule has 0 atom stereocenters. The van der Waals surface area contributed by atoms with Gasteiger partial charge in [-0.3, -0.25) is 10.1 Å². The van der Waals surface area contributed by atoms with Crippen molar-refractivity contribution in [3.63, 3.8) is 0 Å². The van der Waals surface area contributed by atoms with E-state index in [4.69, 9.17) is 9.47 Å². The van der Waals surface area contributed by atoms with Crippen LogP contribution in [0.4, 0.5) is 10.1 Å². The highest BCUT2D eigenvalue weighted by Gasteiger charge is 2.12. The Kier molecular flexibility index (Phi) is 6.40. The Morgan fingerprint density at radius 3 is 2.43 bits per heavy atom. The highest BCUT2D eigenvalue weighted by Crippen LogP contribution is 2.34. The molecule has 0 N–H and O–H groups in total. The van der Waals surface area contributed by atoms with E-state index < -0.39 is 4.92 Å². The molecule has 0 amide bonds. The van der Waals surface area contributed by atoms with E-state index in [-0.39, 0.29) is 18.1 Å². The van der Waals surface area contributed by atoms with Crippen LogP contribution in [0.5, 0.6) is 11.5 Å². The molecule has 0 aromatic heterocycles. The Hall–Kier alpha value is -4.18. The van der Waals surface area contributed by atoms with Gasteiger partial charge in [0.25, 0.3) is 5.69 Å². The van der Waals surface area contributed by atoms with E-state index in [9.17, 15) is 19.8 Å². The van der Waals surface area contributed by atoms with Crippen LogP contribution in [-0.2, 0) is 6.61 Å². The highest BCUT2D eigenvalue weighted by molar-refractivity contribution is 5.91. The molecule has 0 saturated heterocycles. The van der Waals surface area contributed by atoms with Crippen LogP contribution in [0.25, 0.3) is 11.6 Å². The van der Waals surface area contributed by atoms with Gasteiger partial charge in [-0.15, -0.1) is 0 Å². The van der Waals surface area contributed by atoms with Crippen molar-refractivity contribution in [1.29, 1.82) is 5.26 Å². The molecular weight excluding hydrogens is 387 g/mol. The van der Waals surface area contributed by atoms with E-state index >= 15 is 0 Å². The van der Waals surface area contributed by atoms with Gasteiger partial charge in [0.1, 0.15) is 12.4 Å². The first-order valence-corrected chi connectivity index (χ1v) is 8.92. The van der Waals surface area contributed by atoms with E-state index in [1.807, 2.05) is 0 Å². The molecule has 7 heteroatoms. The van der Waals surface area contributed by atoms with E-state index in [1.165, 1.54) is 43.5 Å². The predicted molar refractivity (Wildman–Crippen MR) is 110 cm³/mol. The third-order valence-electron chi connectivity index (χ3n) is 4.34. The minimum absolute atomic E-state index is 0.0549. The van der Waals surface area contributed by atoms with Gasteiger partial charge in [-0.25, -0.2) is 4.39 Å². The van der Waals surface area contributed by atoms with E-state index in [0.717, 1.165) is 5.56 Å². The molecule has 3 rings (SSSR count). The molecule has 3 aromatic rings. The number of methoxy groups -OCH3 is 1. The number of halogens is 1. The topological polar surface area (TPSA) is 85.4 Å². The second-order valence-corrected chi connectivity index (χ2v) is 6.27. The second kappa shape index (κ2) is 9.34. The number of para-hydroxylation sites is 1. The van der Waals surface area contributed by atoms with Crippen molar-refractivity contribution in [3.8, 4) is 17.6 Å². The molecule has 0 aliphatic heterocycles. The fourth-order valence-corrected chi connectivity index (χ4v) is 2.80. The van der Waals surface area contributed by atoms with Gasteiger partial charge in [0, 0.05) is 17.7 Å². The number of nitrogens with zero attached hydrogens (tertiary/aromatic N) is 2. The summed E-state index contributed by atoms with van der Waals surface area (Å²) in [7, 11) is 1.51. The number of rotatable bonds is 7. The summed E-state index contributed by atoms with van der Waals surface area (Å²) in [6.07, 6.45) is 1.63. The Bertz CT molecular complexity index is 1120. The van der Waals surface area contributed by atoms with Crippen LogP contribution in [0.1, 0.15) is 16.7 Å². The molecule has 0 fully saturated rings. The van der Waals surface area contributed by atoms with Crippen LogP contribution in [0.2, 0.25) is 0 Å². The number of ether oxygens (including phenoxy) is 2. The predicted octanol–water partition coefficient (Wildman–Crippen LogP) is 5.39. The van der Waals surface area contributed by atoms with Crippen LogP contribution in [0.15, 0.2) is 66.7 Å². The lowest BCUT2D eigenvalue weighted by molar-refractivity contribution is -0.384. The molecule has 0 bridgehead atoms. The zero-order chi connectivity index (χ0) is 21.5. The molecule has 0 heterocycles. The molecule has 3 aromatic carbocycles. The summed E-state index contributed by atoms with van der Waals surface area (Å²) < 4.78 is 24.4. The molecule has 0 aliphatic rings. The monoisotopic (exact) mass is 404 g/mol. The van der Waals surface area contributed by atoms with Gasteiger partial charge in [-0.2, -0.15) is 5.26 Å². The van der Waals surface area contributed by atoms with E-state index in [0.29, 0.717) is 28.2 Å². The summed E-state index contributed by atoms with van der Waals surface area (Å²) in [6.45, 7) is 0.181. The second-order valence-electron chi connectivity index (χ2n) is 6.27. The average Bonchev–Trinajstić information content (AvgIpc) is 2.77. The molecule has 150 valence electrons. The van der Waals surface area contributed by atoms with Crippen molar-refractivity contribution in [2.24, 2.45) is 0 Å². The summed E-state index contributed by atoms with van der Waals surface area (Å²) in [4.78, 5) is 10.3. The number of nitro benzene ring substituents is 1. The Morgan fingerprint density at radius 1 is 1.13 bits per heavy atom. The molecule has 6 nitrogen and oxygen atoms in total. The minimum Gasteiger partial charge on any atom is -0.493 e. The number of non-ortho nitro benzene ring substituents is 1. The van der Waals surface area contributed by atoms with Gasteiger partial charge >= 0.3 is 0 Å². The lowest BCUT2D eigenvalue weighted by atomic mass is 10.0. The summed E-state index contributed by atoms with van der Waals surface area (Å²) in [5.41, 5.74) is 2.17. The average molecular weight is 404 g/mol. The molecule has 0 saturated carbocycles. The summed E-state index contributed by atoms with van der Waals surface area (Å²) in [6, 6.07) is 19.1. The quantitative estimate of drug-likeness (QED) is 0.228. The SMILES string of the molecule is COc1cccc(C=C(C#N)c2ccc([N+](=O)[O-])cc2)c1OCc1ccc(F)cc1. The molecule has 0 unspecified atom stereocenters. The number of nitriles is 1. The number of nitro groups is 1. The van der Waals surface area contributed by atoms with Crippen LogP contribution in [0.3, 0.4) is 0 Å². The number of benzene rings is 3. The lowest BCUT2D eigenvalue weighted by Crippen LogP contribution is -2.00. The molecular formula is C23H17FN2O4. The van der Waals surface area contributed by atoms with Crippen molar-refractivity contribution in [3.05, 3.63) is 99.4 Å². The fourth-order valence-electron chi connectivity index (χ4n) is 2.80. The number of allylic oxidation sites excluding steroid dienone is 1. The zero-order valence-corrected chi connectivity index (χ0v) is 16.0.